The number of aromatic nitrogens is 1. The Morgan fingerprint density at radius 2 is 2.08 bits per heavy atom. The molecule has 2 nitrogen and oxygen atoms in total. The summed E-state index contributed by atoms with van der Waals surface area (Å²) in [5, 5.41) is 0.966. The number of hydrogen-bond acceptors (Lipinski definition) is 2. The minimum absolute atomic E-state index is 0.524. The van der Waals surface area contributed by atoms with Gasteiger partial charge in [-0.1, -0.05) is 18.2 Å². The van der Waals surface area contributed by atoms with E-state index in [2.05, 4.69) is 4.98 Å². The molecule has 2 aromatic rings. The second-order valence-corrected chi connectivity index (χ2v) is 2.95. The van der Waals surface area contributed by atoms with Crippen molar-refractivity contribution < 1.29 is 7.31 Å². The van der Waals surface area contributed by atoms with Crippen molar-refractivity contribution in [3.63, 3.8) is 0 Å². The van der Waals surface area contributed by atoms with Crippen molar-refractivity contribution in [2.24, 2.45) is 0 Å². The SMILES string of the molecule is [F][Al][O]c1cccc2cccnc12. The lowest BCUT2D eigenvalue weighted by molar-refractivity contribution is 0.541. The molecule has 1 radical (unpaired) electrons. The zero-order valence-corrected chi connectivity index (χ0v) is 7.93. The molecule has 0 aliphatic carbocycles. The predicted octanol–water partition coefficient (Wildman–Crippen LogP) is 2.12. The molecule has 0 saturated carbocycles. The molecule has 0 bridgehead atoms. The Kier molecular flexibility index (Phi) is 2.44. The molecule has 0 spiro atoms. The van der Waals surface area contributed by atoms with Crippen LogP contribution in [0.2, 0.25) is 0 Å². The van der Waals surface area contributed by atoms with E-state index in [0.717, 1.165) is 10.9 Å². The third-order valence-corrected chi connectivity index (χ3v) is 2.11. The highest BCUT2D eigenvalue weighted by Crippen LogP contribution is 2.22. The van der Waals surface area contributed by atoms with Gasteiger partial charge in [0.1, 0.15) is 11.3 Å². The van der Waals surface area contributed by atoms with Crippen LogP contribution in [0, 0.1) is 0 Å². The van der Waals surface area contributed by atoms with Gasteiger partial charge in [-0.15, -0.1) is 0 Å². The fourth-order valence-corrected chi connectivity index (χ4v) is 1.51. The summed E-state index contributed by atoms with van der Waals surface area (Å²) in [6.07, 6.45) is 1.67. The first kappa shape index (κ1) is 8.49. The highest BCUT2D eigenvalue weighted by Gasteiger charge is 2.03. The Hall–Kier alpha value is -1.11. The summed E-state index contributed by atoms with van der Waals surface area (Å²) in [4.78, 5) is 4.12. The van der Waals surface area contributed by atoms with E-state index in [4.69, 9.17) is 3.79 Å². The molecule has 2 rings (SSSR count). The molecule has 1 aromatic heterocycles. The van der Waals surface area contributed by atoms with Crippen molar-refractivity contribution in [2.45, 2.75) is 0 Å². The summed E-state index contributed by atoms with van der Waals surface area (Å²) in [5.41, 5.74) is 0.718. The van der Waals surface area contributed by atoms with Crippen LogP contribution < -0.4 is 3.79 Å². The Morgan fingerprint density at radius 1 is 1.23 bits per heavy atom. The first-order chi connectivity index (χ1) is 6.42. The van der Waals surface area contributed by atoms with Crippen LogP contribution in [0.5, 0.6) is 5.75 Å². The predicted molar refractivity (Wildman–Crippen MR) is 49.2 cm³/mol. The van der Waals surface area contributed by atoms with E-state index in [-0.39, 0.29) is 0 Å². The number of pyridine rings is 1. The van der Waals surface area contributed by atoms with Crippen LogP contribution in [-0.4, -0.2) is 21.0 Å². The maximum atomic E-state index is 12.0. The van der Waals surface area contributed by atoms with Gasteiger partial charge in [0.05, 0.1) is 0 Å². The van der Waals surface area contributed by atoms with Crippen LogP contribution in [-0.2, 0) is 0 Å². The Labute approximate surface area is 81.9 Å². The summed E-state index contributed by atoms with van der Waals surface area (Å²) in [7, 11) is 0. The van der Waals surface area contributed by atoms with Gasteiger partial charge in [-0.05, 0) is 12.1 Å². The van der Waals surface area contributed by atoms with Crippen molar-refractivity contribution in [3.8, 4) is 5.75 Å². The third kappa shape index (κ3) is 1.64. The molecule has 0 N–H and O–H groups in total. The van der Waals surface area contributed by atoms with Gasteiger partial charge in [0.25, 0.3) is 0 Å². The molecule has 0 unspecified atom stereocenters. The lowest BCUT2D eigenvalue weighted by Crippen LogP contribution is -1.95. The van der Waals surface area contributed by atoms with Crippen LogP contribution in [0.25, 0.3) is 10.9 Å². The monoisotopic (exact) mass is 190 g/mol. The molecule has 0 aliphatic heterocycles. The van der Waals surface area contributed by atoms with Crippen molar-refractivity contribution in [1.82, 2.24) is 4.98 Å². The Morgan fingerprint density at radius 3 is 2.92 bits per heavy atom. The first-order valence-electron chi connectivity index (χ1n) is 3.84. The van der Waals surface area contributed by atoms with Gasteiger partial charge in [-0.3, -0.25) is 4.98 Å². The van der Waals surface area contributed by atoms with E-state index in [1.165, 1.54) is 0 Å². The van der Waals surface area contributed by atoms with Crippen LogP contribution in [0.1, 0.15) is 0 Å². The van der Waals surface area contributed by atoms with Gasteiger partial charge >= 0.3 is 16.0 Å². The molecule has 0 fully saturated rings. The van der Waals surface area contributed by atoms with Gasteiger partial charge in [0.2, 0.25) is 0 Å². The van der Waals surface area contributed by atoms with Crippen LogP contribution >= 0.6 is 0 Å². The molecule has 4 heteroatoms. The average Bonchev–Trinajstić information content (AvgIpc) is 2.19. The number of fused-ring (bicyclic) bond motifs is 1. The van der Waals surface area contributed by atoms with Gasteiger partial charge in [0, 0.05) is 11.6 Å². The number of halogens is 1. The molecule has 0 amide bonds. The normalized spacial score (nSPS) is 9.92. The summed E-state index contributed by atoms with van der Waals surface area (Å²) in [6, 6.07) is 9.23. The fraction of sp³-hybridized carbons (Fsp3) is 0. The number of hydrogen-bond donors (Lipinski definition) is 0. The van der Waals surface area contributed by atoms with Gasteiger partial charge in [-0.2, -0.15) is 0 Å². The number of benzene rings is 1. The molecule has 0 atom stereocenters. The summed E-state index contributed by atoms with van der Waals surface area (Å²) in [5.74, 6) is 0.524. The van der Waals surface area contributed by atoms with Gasteiger partial charge in [0.15, 0.2) is 0 Å². The van der Waals surface area contributed by atoms with Gasteiger partial charge in [-0.25, -0.2) is 0 Å². The van der Waals surface area contributed by atoms with Crippen LogP contribution in [0.3, 0.4) is 0 Å². The highest BCUT2D eigenvalue weighted by molar-refractivity contribution is 6.18. The molecule has 63 valence electrons. The quantitative estimate of drug-likeness (QED) is 0.676. The molecular formula is C9H6AlFNO. The smallest absolute Gasteiger partial charge is 0.622 e. The molecular weight excluding hydrogens is 184 g/mol. The Bertz CT molecular complexity index is 416. The molecule has 0 aliphatic rings. The maximum absolute atomic E-state index is 12.0. The van der Waals surface area contributed by atoms with Crippen molar-refractivity contribution >= 4 is 26.9 Å². The summed E-state index contributed by atoms with van der Waals surface area (Å²) >= 11 is -1.48. The summed E-state index contributed by atoms with van der Waals surface area (Å²) in [6.45, 7) is 0. The van der Waals surface area contributed by atoms with Crippen molar-refractivity contribution in [3.05, 3.63) is 36.5 Å². The number of nitrogens with zero attached hydrogens (tertiary/aromatic N) is 1. The minimum atomic E-state index is -1.48. The van der Waals surface area contributed by atoms with Crippen LogP contribution in [0.4, 0.5) is 3.52 Å². The highest BCUT2D eigenvalue weighted by atomic mass is 27.2. The molecule has 13 heavy (non-hydrogen) atoms. The fourth-order valence-electron chi connectivity index (χ4n) is 1.22. The van der Waals surface area contributed by atoms with Gasteiger partial charge < -0.3 is 7.31 Å². The lowest BCUT2D eigenvalue weighted by Gasteiger charge is -2.05. The van der Waals surface area contributed by atoms with E-state index in [1.54, 1.807) is 12.3 Å². The van der Waals surface area contributed by atoms with Crippen LogP contribution in [0.15, 0.2) is 36.5 Å². The Balaban J connectivity index is 2.61. The van der Waals surface area contributed by atoms with E-state index < -0.39 is 16.0 Å². The maximum Gasteiger partial charge on any atom is 0.820 e. The zero-order valence-electron chi connectivity index (χ0n) is 6.77. The number of para-hydroxylation sites is 1. The third-order valence-electron chi connectivity index (χ3n) is 1.77. The summed E-state index contributed by atoms with van der Waals surface area (Å²) < 4.78 is 16.9. The largest absolute Gasteiger partial charge is 0.820 e. The molecule has 1 heterocycles. The standard InChI is InChI=1S/C9H7NO.Al.FH/c11-8-5-1-3-7-4-2-6-10-9(7)8;;/h1-6,11H;;1H/q;+2;/p-2. The molecule has 0 saturated heterocycles. The first-order valence-corrected chi connectivity index (χ1v) is 4.75. The van der Waals surface area contributed by atoms with Crippen molar-refractivity contribution in [1.29, 1.82) is 0 Å². The van der Waals surface area contributed by atoms with E-state index in [1.807, 2.05) is 24.3 Å². The second-order valence-electron chi connectivity index (χ2n) is 2.54. The zero-order chi connectivity index (χ0) is 9.10. The minimum Gasteiger partial charge on any atom is -0.622 e. The van der Waals surface area contributed by atoms with E-state index in [9.17, 15) is 3.52 Å². The van der Waals surface area contributed by atoms with E-state index in [0.29, 0.717) is 5.75 Å². The lowest BCUT2D eigenvalue weighted by atomic mass is 10.2. The topological polar surface area (TPSA) is 22.1 Å². The second kappa shape index (κ2) is 3.74. The molecule has 1 aromatic carbocycles. The average molecular weight is 190 g/mol. The van der Waals surface area contributed by atoms with Crippen molar-refractivity contribution in [2.75, 3.05) is 0 Å². The van der Waals surface area contributed by atoms with E-state index >= 15 is 0 Å². The number of rotatable bonds is 2.